The van der Waals surface area contributed by atoms with E-state index in [1.807, 2.05) is 19.1 Å². The lowest BCUT2D eigenvalue weighted by molar-refractivity contribution is -0.108. The van der Waals surface area contributed by atoms with E-state index in [4.69, 9.17) is 0 Å². The Morgan fingerprint density at radius 1 is 1.64 bits per heavy atom. The Morgan fingerprint density at radius 2 is 2.43 bits per heavy atom. The van der Waals surface area contributed by atoms with Gasteiger partial charge in [0.15, 0.2) is 0 Å². The van der Waals surface area contributed by atoms with Gasteiger partial charge in [-0.25, -0.2) is 0 Å². The SMILES string of the molecule is CCN1CC(C=O)c2c(O)cccc21. The van der Waals surface area contributed by atoms with E-state index >= 15 is 0 Å². The molecule has 1 heterocycles. The highest BCUT2D eigenvalue weighted by molar-refractivity contribution is 5.77. The van der Waals surface area contributed by atoms with Gasteiger partial charge in [-0.15, -0.1) is 0 Å². The number of fused-ring (bicyclic) bond motifs is 1. The van der Waals surface area contributed by atoms with Gasteiger partial charge < -0.3 is 14.8 Å². The fourth-order valence-corrected chi connectivity index (χ4v) is 2.03. The molecule has 0 amide bonds. The van der Waals surface area contributed by atoms with Crippen molar-refractivity contribution in [2.75, 3.05) is 18.0 Å². The van der Waals surface area contributed by atoms with Crippen molar-refractivity contribution in [1.29, 1.82) is 0 Å². The summed E-state index contributed by atoms with van der Waals surface area (Å²) in [5.41, 5.74) is 1.77. The second-order valence-corrected chi connectivity index (χ2v) is 3.49. The van der Waals surface area contributed by atoms with E-state index in [1.54, 1.807) is 6.07 Å². The highest BCUT2D eigenvalue weighted by Crippen LogP contribution is 2.40. The van der Waals surface area contributed by atoms with Crippen molar-refractivity contribution < 1.29 is 9.90 Å². The van der Waals surface area contributed by atoms with Crippen LogP contribution < -0.4 is 4.90 Å². The quantitative estimate of drug-likeness (QED) is 0.720. The van der Waals surface area contributed by atoms with Crippen LogP contribution in [-0.4, -0.2) is 24.5 Å². The molecule has 0 radical (unpaired) electrons. The second kappa shape index (κ2) is 3.33. The number of likely N-dealkylation sites (N-methyl/N-ethyl adjacent to an activating group) is 1. The fourth-order valence-electron chi connectivity index (χ4n) is 2.03. The summed E-state index contributed by atoms with van der Waals surface area (Å²) < 4.78 is 0. The predicted octanol–water partition coefficient (Wildman–Crippen LogP) is 1.51. The first-order chi connectivity index (χ1) is 6.77. The van der Waals surface area contributed by atoms with Crippen molar-refractivity contribution in [2.24, 2.45) is 0 Å². The lowest BCUT2D eigenvalue weighted by Gasteiger charge is -2.16. The minimum absolute atomic E-state index is 0.175. The van der Waals surface area contributed by atoms with E-state index < -0.39 is 0 Å². The van der Waals surface area contributed by atoms with Crippen LogP contribution in [0.4, 0.5) is 5.69 Å². The van der Waals surface area contributed by atoms with Crippen LogP contribution in [0.5, 0.6) is 5.75 Å². The van der Waals surface area contributed by atoms with Gasteiger partial charge in [0.1, 0.15) is 12.0 Å². The summed E-state index contributed by atoms with van der Waals surface area (Å²) in [5.74, 6) is 0.0571. The van der Waals surface area contributed by atoms with Gasteiger partial charge >= 0.3 is 0 Å². The lowest BCUT2D eigenvalue weighted by atomic mass is 10.0. The van der Waals surface area contributed by atoms with Crippen LogP contribution >= 0.6 is 0 Å². The zero-order valence-electron chi connectivity index (χ0n) is 8.10. The number of benzene rings is 1. The number of phenols is 1. The summed E-state index contributed by atoms with van der Waals surface area (Å²) >= 11 is 0. The average Bonchev–Trinajstić information content (AvgIpc) is 2.57. The van der Waals surface area contributed by atoms with Gasteiger partial charge in [-0.3, -0.25) is 0 Å². The molecule has 1 N–H and O–H groups in total. The zero-order chi connectivity index (χ0) is 10.1. The molecule has 1 unspecified atom stereocenters. The van der Waals surface area contributed by atoms with Crippen LogP contribution in [0.1, 0.15) is 18.4 Å². The number of anilines is 1. The van der Waals surface area contributed by atoms with Crippen molar-refractivity contribution in [2.45, 2.75) is 12.8 Å². The molecule has 1 aliphatic heterocycles. The molecule has 1 aliphatic rings. The van der Waals surface area contributed by atoms with E-state index in [-0.39, 0.29) is 11.7 Å². The maximum Gasteiger partial charge on any atom is 0.129 e. The molecule has 74 valence electrons. The molecule has 1 aromatic carbocycles. The van der Waals surface area contributed by atoms with Crippen molar-refractivity contribution >= 4 is 12.0 Å². The average molecular weight is 191 g/mol. The van der Waals surface area contributed by atoms with E-state index in [1.165, 1.54) is 0 Å². The molecule has 3 nitrogen and oxygen atoms in total. The summed E-state index contributed by atoms with van der Waals surface area (Å²) in [6, 6.07) is 5.39. The van der Waals surface area contributed by atoms with Crippen molar-refractivity contribution in [3.63, 3.8) is 0 Å². The third kappa shape index (κ3) is 1.16. The third-order valence-corrected chi connectivity index (χ3v) is 2.73. The van der Waals surface area contributed by atoms with Crippen molar-refractivity contribution in [3.8, 4) is 5.75 Å². The number of nitrogens with zero attached hydrogens (tertiary/aromatic N) is 1. The van der Waals surface area contributed by atoms with E-state index in [0.29, 0.717) is 6.54 Å². The second-order valence-electron chi connectivity index (χ2n) is 3.49. The van der Waals surface area contributed by atoms with Crippen LogP contribution in [-0.2, 0) is 4.79 Å². The molecule has 0 saturated carbocycles. The predicted molar refractivity (Wildman–Crippen MR) is 54.8 cm³/mol. The van der Waals surface area contributed by atoms with Gasteiger partial charge in [0.2, 0.25) is 0 Å². The topological polar surface area (TPSA) is 40.5 Å². The van der Waals surface area contributed by atoms with Gasteiger partial charge in [-0.05, 0) is 19.1 Å². The normalized spacial score (nSPS) is 19.5. The molecule has 14 heavy (non-hydrogen) atoms. The Bertz CT molecular complexity index is 362. The molecule has 0 bridgehead atoms. The van der Waals surface area contributed by atoms with Gasteiger partial charge in [0, 0.05) is 24.3 Å². The van der Waals surface area contributed by atoms with Crippen LogP contribution in [0.25, 0.3) is 0 Å². The zero-order valence-corrected chi connectivity index (χ0v) is 8.10. The third-order valence-electron chi connectivity index (χ3n) is 2.73. The smallest absolute Gasteiger partial charge is 0.129 e. The first kappa shape index (κ1) is 9.06. The molecule has 1 aromatic rings. The number of hydrogen-bond donors (Lipinski definition) is 1. The largest absolute Gasteiger partial charge is 0.508 e. The lowest BCUT2D eigenvalue weighted by Crippen LogP contribution is -2.21. The van der Waals surface area contributed by atoms with Gasteiger partial charge in [0.25, 0.3) is 0 Å². The Labute approximate surface area is 83.0 Å². The van der Waals surface area contributed by atoms with Gasteiger partial charge in [-0.2, -0.15) is 0 Å². The summed E-state index contributed by atoms with van der Waals surface area (Å²) in [6.07, 6.45) is 0.911. The minimum atomic E-state index is -0.175. The van der Waals surface area contributed by atoms with Crippen molar-refractivity contribution in [3.05, 3.63) is 23.8 Å². The van der Waals surface area contributed by atoms with E-state index in [0.717, 1.165) is 24.1 Å². The number of aromatic hydroxyl groups is 1. The van der Waals surface area contributed by atoms with Crippen LogP contribution in [0.15, 0.2) is 18.2 Å². The van der Waals surface area contributed by atoms with Gasteiger partial charge in [0.05, 0.1) is 5.92 Å². The molecule has 3 heteroatoms. The molecule has 0 fully saturated rings. The maximum absolute atomic E-state index is 10.8. The van der Waals surface area contributed by atoms with Crippen molar-refractivity contribution in [1.82, 2.24) is 0 Å². The molecule has 0 aromatic heterocycles. The number of phenolic OH excluding ortho intramolecular Hbond substituents is 1. The Morgan fingerprint density at radius 3 is 3.07 bits per heavy atom. The molecular weight excluding hydrogens is 178 g/mol. The summed E-state index contributed by atoms with van der Waals surface area (Å²) in [5, 5.41) is 9.66. The molecule has 0 spiro atoms. The van der Waals surface area contributed by atoms with Gasteiger partial charge in [-0.1, -0.05) is 6.07 Å². The summed E-state index contributed by atoms with van der Waals surface area (Å²) in [4.78, 5) is 13.0. The number of carbonyl (C=O) groups is 1. The summed E-state index contributed by atoms with van der Waals surface area (Å²) in [7, 11) is 0. The molecule has 2 rings (SSSR count). The highest BCUT2D eigenvalue weighted by atomic mass is 16.3. The number of rotatable bonds is 2. The van der Waals surface area contributed by atoms with Crippen LogP contribution in [0, 0.1) is 0 Å². The standard InChI is InChI=1S/C11H13NO2/c1-2-12-6-8(7-13)11-9(12)4-3-5-10(11)14/h3-5,7-8,14H,2,6H2,1H3. The summed E-state index contributed by atoms with van der Waals surface area (Å²) in [6.45, 7) is 3.59. The van der Waals surface area contributed by atoms with Crippen LogP contribution in [0.2, 0.25) is 0 Å². The molecule has 0 aliphatic carbocycles. The Kier molecular flexibility index (Phi) is 2.15. The minimum Gasteiger partial charge on any atom is -0.508 e. The molecule has 0 saturated heterocycles. The Hall–Kier alpha value is -1.51. The fraction of sp³-hybridized carbons (Fsp3) is 0.364. The highest BCUT2D eigenvalue weighted by Gasteiger charge is 2.29. The maximum atomic E-state index is 10.8. The number of aldehydes is 1. The first-order valence-corrected chi connectivity index (χ1v) is 4.80. The Balaban J connectivity index is 2.52. The number of hydrogen-bond acceptors (Lipinski definition) is 3. The van der Waals surface area contributed by atoms with E-state index in [9.17, 15) is 9.90 Å². The molecular formula is C11H13NO2. The van der Waals surface area contributed by atoms with E-state index in [2.05, 4.69) is 4.90 Å². The van der Waals surface area contributed by atoms with Crippen LogP contribution in [0.3, 0.4) is 0 Å². The first-order valence-electron chi connectivity index (χ1n) is 4.80. The monoisotopic (exact) mass is 191 g/mol. The number of carbonyl (C=O) groups excluding carboxylic acids is 1. The molecule has 1 atom stereocenters.